The number of hydrogen-bond acceptors (Lipinski definition) is 3. The number of ether oxygens (including phenoxy) is 1. The Kier molecular flexibility index (Phi) is 10.8. The topological polar surface area (TPSA) is 55.5 Å². The van der Waals surface area contributed by atoms with Gasteiger partial charge in [0.1, 0.15) is 5.75 Å². The first-order valence-corrected chi connectivity index (χ1v) is 9.75. The minimum atomic E-state index is -0.454. The van der Waals surface area contributed by atoms with Crippen LogP contribution in [0.4, 0.5) is 0 Å². The quantitative estimate of drug-likeness (QED) is 0.478. The third-order valence-electron chi connectivity index (χ3n) is 4.64. The zero-order chi connectivity index (χ0) is 17.7. The van der Waals surface area contributed by atoms with E-state index in [1.807, 2.05) is 12.1 Å². The highest BCUT2D eigenvalue weighted by Gasteiger charge is 2.22. The number of aliphatic hydroxyl groups excluding tert-OH is 1. The molecule has 1 unspecified atom stereocenters. The molecule has 3 N–H and O–H groups in total. The summed E-state index contributed by atoms with van der Waals surface area (Å²) >= 11 is 0. The molecule has 24 heavy (non-hydrogen) atoms. The lowest BCUT2D eigenvalue weighted by Crippen LogP contribution is -2.43. The van der Waals surface area contributed by atoms with Gasteiger partial charge in [0.25, 0.3) is 0 Å². The van der Waals surface area contributed by atoms with Gasteiger partial charge in [-0.05, 0) is 43.4 Å². The van der Waals surface area contributed by atoms with Gasteiger partial charge in [-0.15, -0.1) is 0 Å². The van der Waals surface area contributed by atoms with E-state index >= 15 is 0 Å². The lowest BCUT2D eigenvalue weighted by Gasteiger charge is -2.26. The molecule has 0 bridgehead atoms. The van der Waals surface area contributed by atoms with E-state index in [9.17, 15) is 5.11 Å². The normalized spacial score (nSPS) is 13.7. The molecule has 0 aliphatic carbocycles. The summed E-state index contributed by atoms with van der Waals surface area (Å²) in [7, 11) is 0. The molecule has 1 aromatic rings. The van der Waals surface area contributed by atoms with Crippen LogP contribution in [0.15, 0.2) is 24.3 Å². The fraction of sp³-hybridized carbons (Fsp3) is 0.714. The van der Waals surface area contributed by atoms with Crippen molar-refractivity contribution >= 4 is 0 Å². The lowest BCUT2D eigenvalue weighted by atomic mass is 9.89. The standard InChI is InChI=1S/C21H37NO2/c1-3-5-6-7-8-9-16-24-20-12-10-11-19(17-20)13-15-21(22,18-23)14-4-2/h10-12,17,23H,3-9,13-16,18,22H2,1-2H3. The van der Waals surface area contributed by atoms with E-state index in [2.05, 4.69) is 26.0 Å². The first-order chi connectivity index (χ1) is 11.6. The van der Waals surface area contributed by atoms with Crippen molar-refractivity contribution in [3.63, 3.8) is 0 Å². The molecule has 0 saturated heterocycles. The van der Waals surface area contributed by atoms with E-state index in [0.29, 0.717) is 0 Å². The van der Waals surface area contributed by atoms with Gasteiger partial charge in [-0.3, -0.25) is 0 Å². The molecule has 0 fully saturated rings. The van der Waals surface area contributed by atoms with E-state index in [-0.39, 0.29) is 6.61 Å². The Labute approximate surface area is 148 Å². The van der Waals surface area contributed by atoms with Crippen molar-refractivity contribution in [2.45, 2.75) is 83.6 Å². The third-order valence-corrected chi connectivity index (χ3v) is 4.64. The number of aliphatic hydroxyl groups is 1. The summed E-state index contributed by atoms with van der Waals surface area (Å²) in [6.07, 6.45) is 11.2. The van der Waals surface area contributed by atoms with Crippen LogP contribution in [0, 0.1) is 0 Å². The largest absolute Gasteiger partial charge is 0.494 e. The van der Waals surface area contributed by atoms with E-state index in [1.54, 1.807) is 0 Å². The molecule has 0 radical (unpaired) electrons. The van der Waals surface area contributed by atoms with E-state index in [1.165, 1.54) is 37.7 Å². The number of benzene rings is 1. The molecular weight excluding hydrogens is 298 g/mol. The number of unbranched alkanes of at least 4 members (excludes halogenated alkanes) is 5. The SMILES string of the molecule is CCCCCCCCOc1cccc(CCC(N)(CO)CCC)c1. The molecule has 0 saturated carbocycles. The maximum atomic E-state index is 9.52. The second-order valence-corrected chi connectivity index (χ2v) is 7.03. The zero-order valence-electron chi connectivity index (χ0n) is 15.7. The van der Waals surface area contributed by atoms with Gasteiger partial charge in [-0.25, -0.2) is 0 Å². The lowest BCUT2D eigenvalue weighted by molar-refractivity contribution is 0.177. The van der Waals surface area contributed by atoms with E-state index in [0.717, 1.165) is 44.5 Å². The number of aryl methyl sites for hydroxylation is 1. The highest BCUT2D eigenvalue weighted by atomic mass is 16.5. The molecule has 138 valence electrons. The molecule has 0 aliphatic rings. The molecule has 0 amide bonds. The van der Waals surface area contributed by atoms with Gasteiger partial charge in [-0.1, -0.05) is 64.5 Å². The van der Waals surface area contributed by atoms with Crippen LogP contribution < -0.4 is 10.5 Å². The monoisotopic (exact) mass is 335 g/mol. The van der Waals surface area contributed by atoms with Crippen molar-refractivity contribution < 1.29 is 9.84 Å². The molecule has 0 aromatic heterocycles. The Hall–Kier alpha value is -1.06. The fourth-order valence-electron chi connectivity index (χ4n) is 3.04. The van der Waals surface area contributed by atoms with E-state index in [4.69, 9.17) is 10.5 Å². The van der Waals surface area contributed by atoms with Crippen LogP contribution in [0.3, 0.4) is 0 Å². The minimum Gasteiger partial charge on any atom is -0.494 e. The zero-order valence-corrected chi connectivity index (χ0v) is 15.7. The predicted molar refractivity (Wildman–Crippen MR) is 103 cm³/mol. The van der Waals surface area contributed by atoms with E-state index < -0.39 is 5.54 Å². The smallest absolute Gasteiger partial charge is 0.119 e. The van der Waals surface area contributed by atoms with Crippen molar-refractivity contribution in [1.82, 2.24) is 0 Å². The molecule has 0 heterocycles. The van der Waals surface area contributed by atoms with Crippen molar-refractivity contribution in [2.75, 3.05) is 13.2 Å². The first kappa shape index (κ1) is 21.0. The fourth-order valence-corrected chi connectivity index (χ4v) is 3.04. The van der Waals surface area contributed by atoms with Crippen LogP contribution in [-0.4, -0.2) is 23.9 Å². The molecule has 1 atom stereocenters. The van der Waals surface area contributed by atoms with Crippen molar-refractivity contribution in [3.05, 3.63) is 29.8 Å². The summed E-state index contributed by atoms with van der Waals surface area (Å²) in [6.45, 7) is 5.19. The Morgan fingerprint density at radius 3 is 2.46 bits per heavy atom. The van der Waals surface area contributed by atoms with Gasteiger partial charge in [0.05, 0.1) is 13.2 Å². The van der Waals surface area contributed by atoms with Crippen LogP contribution in [0.1, 0.15) is 77.2 Å². The highest BCUT2D eigenvalue weighted by Crippen LogP contribution is 2.20. The predicted octanol–water partition coefficient (Wildman–Crippen LogP) is 4.85. The summed E-state index contributed by atoms with van der Waals surface area (Å²) in [5, 5.41) is 9.52. The first-order valence-electron chi connectivity index (χ1n) is 9.75. The van der Waals surface area contributed by atoms with Crippen molar-refractivity contribution in [3.8, 4) is 5.75 Å². The maximum absolute atomic E-state index is 9.52. The van der Waals surface area contributed by atoms with Crippen LogP contribution in [-0.2, 0) is 6.42 Å². The number of rotatable bonds is 14. The van der Waals surface area contributed by atoms with Gasteiger partial charge in [0.2, 0.25) is 0 Å². The second kappa shape index (κ2) is 12.3. The molecule has 3 heteroatoms. The average molecular weight is 336 g/mol. The Morgan fingerprint density at radius 2 is 1.75 bits per heavy atom. The van der Waals surface area contributed by atoms with Gasteiger partial charge in [-0.2, -0.15) is 0 Å². The number of nitrogens with two attached hydrogens (primary N) is 1. The average Bonchev–Trinajstić information content (AvgIpc) is 2.60. The van der Waals surface area contributed by atoms with Crippen LogP contribution in [0.25, 0.3) is 0 Å². The highest BCUT2D eigenvalue weighted by molar-refractivity contribution is 5.28. The Bertz CT molecular complexity index is 436. The summed E-state index contributed by atoms with van der Waals surface area (Å²) in [6, 6.07) is 8.29. The molecule has 0 aliphatic heterocycles. The number of hydrogen-bond donors (Lipinski definition) is 2. The summed E-state index contributed by atoms with van der Waals surface area (Å²) in [4.78, 5) is 0. The summed E-state index contributed by atoms with van der Waals surface area (Å²) in [5.74, 6) is 0.947. The second-order valence-electron chi connectivity index (χ2n) is 7.03. The molecule has 0 spiro atoms. The van der Waals surface area contributed by atoms with Crippen LogP contribution >= 0.6 is 0 Å². The molecule has 1 aromatic carbocycles. The molecular formula is C21H37NO2. The van der Waals surface area contributed by atoms with Gasteiger partial charge in [0, 0.05) is 5.54 Å². The van der Waals surface area contributed by atoms with Gasteiger partial charge < -0.3 is 15.6 Å². The minimum absolute atomic E-state index is 0.0507. The van der Waals surface area contributed by atoms with Gasteiger partial charge in [0.15, 0.2) is 0 Å². The molecule has 1 rings (SSSR count). The molecule has 3 nitrogen and oxygen atoms in total. The Morgan fingerprint density at radius 1 is 1.00 bits per heavy atom. The summed E-state index contributed by atoms with van der Waals surface area (Å²) < 4.78 is 5.88. The van der Waals surface area contributed by atoms with Crippen molar-refractivity contribution in [1.29, 1.82) is 0 Å². The van der Waals surface area contributed by atoms with Crippen molar-refractivity contribution in [2.24, 2.45) is 5.73 Å². The van der Waals surface area contributed by atoms with Crippen LogP contribution in [0.5, 0.6) is 5.75 Å². The maximum Gasteiger partial charge on any atom is 0.119 e. The van der Waals surface area contributed by atoms with Crippen LogP contribution in [0.2, 0.25) is 0 Å². The Balaban J connectivity index is 2.33. The third kappa shape index (κ3) is 8.70. The summed E-state index contributed by atoms with van der Waals surface area (Å²) in [5.41, 5.74) is 7.04. The van der Waals surface area contributed by atoms with Gasteiger partial charge >= 0.3 is 0 Å².